The lowest BCUT2D eigenvalue weighted by molar-refractivity contribution is -0.122. The molecular weight excluding hydrogens is 348 g/mol. The number of halogens is 1. The number of carbonyl (C=O) groups excluding carboxylic acids is 1. The molecule has 0 fully saturated rings. The maximum absolute atomic E-state index is 12.3. The van der Waals surface area contributed by atoms with Gasteiger partial charge in [-0.1, -0.05) is 22.9 Å². The largest absolute Gasteiger partial charge is 0.497 e. The van der Waals surface area contributed by atoms with Gasteiger partial charge in [0.15, 0.2) is 11.2 Å². The maximum atomic E-state index is 12.3. The molecule has 3 aromatic rings. The molecule has 5 nitrogen and oxygen atoms in total. The van der Waals surface area contributed by atoms with Crippen molar-refractivity contribution in [1.82, 2.24) is 4.98 Å². The minimum atomic E-state index is -0.660. The fourth-order valence-electron chi connectivity index (χ4n) is 2.06. The van der Waals surface area contributed by atoms with Crippen molar-refractivity contribution in [2.45, 2.75) is 13.0 Å². The highest BCUT2D eigenvalue weighted by Crippen LogP contribution is 2.29. The van der Waals surface area contributed by atoms with Crippen LogP contribution in [0.25, 0.3) is 10.2 Å². The maximum Gasteiger partial charge on any atom is 0.266 e. The standard InChI is InChI=1S/C17H15ClN2O3S/c1-10(23-12-5-3-11(18)4-6-12)16(21)20-17-19-14-8-7-13(22-2)9-15(14)24-17/h3-10H,1-2H3,(H,19,20,21)/t10-/m1/s1. The van der Waals surface area contributed by atoms with Crippen molar-refractivity contribution < 1.29 is 14.3 Å². The SMILES string of the molecule is COc1ccc2nc(NC(=O)[C@@H](C)Oc3ccc(Cl)cc3)sc2c1. The first kappa shape index (κ1) is 16.5. The van der Waals surface area contributed by atoms with E-state index in [1.165, 1.54) is 11.3 Å². The molecule has 1 N–H and O–H groups in total. The van der Waals surface area contributed by atoms with Crippen molar-refractivity contribution in [2.24, 2.45) is 0 Å². The van der Waals surface area contributed by atoms with E-state index in [1.54, 1.807) is 38.3 Å². The topological polar surface area (TPSA) is 60.5 Å². The van der Waals surface area contributed by atoms with Gasteiger partial charge in [0.25, 0.3) is 5.91 Å². The summed E-state index contributed by atoms with van der Waals surface area (Å²) in [5, 5.41) is 3.91. The zero-order valence-electron chi connectivity index (χ0n) is 13.1. The Bertz CT molecular complexity index is 864. The van der Waals surface area contributed by atoms with Crippen LogP contribution in [0.5, 0.6) is 11.5 Å². The molecule has 0 aliphatic heterocycles. The molecule has 0 aliphatic rings. The number of anilines is 1. The molecule has 24 heavy (non-hydrogen) atoms. The first-order valence-corrected chi connectivity index (χ1v) is 8.42. The monoisotopic (exact) mass is 362 g/mol. The lowest BCUT2D eigenvalue weighted by atomic mass is 10.3. The fraction of sp³-hybridized carbons (Fsp3) is 0.176. The number of thiazole rings is 1. The first-order chi connectivity index (χ1) is 11.5. The highest BCUT2D eigenvalue weighted by Gasteiger charge is 2.17. The molecule has 2 aromatic carbocycles. The van der Waals surface area contributed by atoms with E-state index in [2.05, 4.69) is 10.3 Å². The van der Waals surface area contributed by atoms with Crippen LogP contribution in [0.1, 0.15) is 6.92 Å². The number of hydrogen-bond acceptors (Lipinski definition) is 5. The van der Waals surface area contributed by atoms with Gasteiger partial charge in [0.1, 0.15) is 11.5 Å². The Morgan fingerprint density at radius 2 is 1.92 bits per heavy atom. The minimum Gasteiger partial charge on any atom is -0.497 e. The summed E-state index contributed by atoms with van der Waals surface area (Å²) in [5.41, 5.74) is 0.808. The Labute approximate surface area is 148 Å². The lowest BCUT2D eigenvalue weighted by Crippen LogP contribution is -2.30. The second-order valence-electron chi connectivity index (χ2n) is 5.06. The number of carbonyl (C=O) groups is 1. The van der Waals surface area contributed by atoms with E-state index >= 15 is 0 Å². The average Bonchev–Trinajstić information content (AvgIpc) is 2.97. The second kappa shape index (κ2) is 7.07. The fourth-order valence-corrected chi connectivity index (χ4v) is 3.09. The van der Waals surface area contributed by atoms with Gasteiger partial charge in [-0.05, 0) is 49.4 Å². The van der Waals surface area contributed by atoms with Gasteiger partial charge in [0.05, 0.1) is 17.3 Å². The van der Waals surface area contributed by atoms with Gasteiger partial charge < -0.3 is 9.47 Å². The van der Waals surface area contributed by atoms with Gasteiger partial charge in [-0.15, -0.1) is 0 Å². The number of ether oxygens (including phenoxy) is 2. The minimum absolute atomic E-state index is 0.268. The summed E-state index contributed by atoms with van der Waals surface area (Å²) in [5.74, 6) is 1.07. The summed E-state index contributed by atoms with van der Waals surface area (Å²) in [4.78, 5) is 16.7. The Morgan fingerprint density at radius 1 is 1.21 bits per heavy atom. The molecule has 3 rings (SSSR count). The van der Waals surface area contributed by atoms with Gasteiger partial charge in [0.2, 0.25) is 0 Å². The van der Waals surface area contributed by atoms with Crippen LogP contribution in [-0.2, 0) is 4.79 Å². The van der Waals surface area contributed by atoms with Crippen LogP contribution in [0.2, 0.25) is 5.02 Å². The number of methoxy groups -OCH3 is 1. The number of amides is 1. The van der Waals surface area contributed by atoms with Gasteiger partial charge in [0, 0.05) is 5.02 Å². The van der Waals surface area contributed by atoms with Crippen LogP contribution in [0, 0.1) is 0 Å². The molecule has 1 amide bonds. The van der Waals surface area contributed by atoms with E-state index in [0.29, 0.717) is 15.9 Å². The molecule has 0 saturated heterocycles. The van der Waals surface area contributed by atoms with E-state index in [4.69, 9.17) is 21.1 Å². The lowest BCUT2D eigenvalue weighted by Gasteiger charge is -2.13. The molecule has 0 radical (unpaired) electrons. The number of benzene rings is 2. The first-order valence-electron chi connectivity index (χ1n) is 7.23. The molecule has 0 spiro atoms. The van der Waals surface area contributed by atoms with Crippen molar-refractivity contribution >= 4 is 44.2 Å². The van der Waals surface area contributed by atoms with Crippen molar-refractivity contribution in [3.8, 4) is 11.5 Å². The Morgan fingerprint density at radius 3 is 2.62 bits per heavy atom. The quantitative estimate of drug-likeness (QED) is 0.732. The van der Waals surface area contributed by atoms with Crippen molar-refractivity contribution in [1.29, 1.82) is 0 Å². The summed E-state index contributed by atoms with van der Waals surface area (Å²) in [6.07, 6.45) is -0.660. The zero-order chi connectivity index (χ0) is 17.1. The number of rotatable bonds is 5. The number of aromatic nitrogens is 1. The van der Waals surface area contributed by atoms with Crippen molar-refractivity contribution in [3.05, 3.63) is 47.5 Å². The van der Waals surface area contributed by atoms with Crippen LogP contribution in [0.4, 0.5) is 5.13 Å². The van der Waals surface area contributed by atoms with E-state index < -0.39 is 6.10 Å². The Hall–Kier alpha value is -2.31. The van der Waals surface area contributed by atoms with Crippen LogP contribution >= 0.6 is 22.9 Å². The third-order valence-corrected chi connectivity index (χ3v) is 4.51. The summed E-state index contributed by atoms with van der Waals surface area (Å²) >= 11 is 7.21. The van der Waals surface area contributed by atoms with Gasteiger partial charge >= 0.3 is 0 Å². The number of hydrogen-bond donors (Lipinski definition) is 1. The predicted molar refractivity (Wildman–Crippen MR) is 96.3 cm³/mol. The number of fused-ring (bicyclic) bond motifs is 1. The smallest absolute Gasteiger partial charge is 0.266 e. The predicted octanol–water partition coefficient (Wildman–Crippen LogP) is 4.36. The molecular formula is C17H15ClN2O3S. The second-order valence-corrected chi connectivity index (χ2v) is 6.52. The van der Waals surface area contributed by atoms with Crippen LogP contribution in [0.15, 0.2) is 42.5 Å². The van der Waals surface area contributed by atoms with Crippen molar-refractivity contribution in [2.75, 3.05) is 12.4 Å². The molecule has 124 valence electrons. The summed E-state index contributed by atoms with van der Waals surface area (Å²) in [6.45, 7) is 1.68. The molecule has 0 unspecified atom stereocenters. The normalized spacial score (nSPS) is 12.0. The summed E-state index contributed by atoms with van der Waals surface area (Å²) < 4.78 is 11.7. The van der Waals surface area contributed by atoms with Crippen LogP contribution in [-0.4, -0.2) is 24.1 Å². The van der Waals surface area contributed by atoms with Gasteiger partial charge in [-0.3, -0.25) is 10.1 Å². The van der Waals surface area contributed by atoms with Crippen LogP contribution < -0.4 is 14.8 Å². The summed E-state index contributed by atoms with van der Waals surface area (Å²) in [6, 6.07) is 12.4. The highest BCUT2D eigenvalue weighted by molar-refractivity contribution is 7.22. The number of nitrogens with one attached hydrogen (secondary N) is 1. The van der Waals surface area contributed by atoms with Crippen LogP contribution in [0.3, 0.4) is 0 Å². The van der Waals surface area contributed by atoms with Gasteiger partial charge in [-0.2, -0.15) is 0 Å². The molecule has 0 saturated carbocycles. The Balaban J connectivity index is 1.68. The van der Waals surface area contributed by atoms with Gasteiger partial charge in [-0.25, -0.2) is 4.98 Å². The average molecular weight is 363 g/mol. The number of nitrogens with zero attached hydrogens (tertiary/aromatic N) is 1. The molecule has 1 atom stereocenters. The van der Waals surface area contributed by atoms with E-state index in [1.807, 2.05) is 18.2 Å². The molecule has 0 bridgehead atoms. The molecule has 7 heteroatoms. The molecule has 0 aliphatic carbocycles. The highest BCUT2D eigenvalue weighted by atomic mass is 35.5. The van der Waals surface area contributed by atoms with E-state index in [0.717, 1.165) is 16.0 Å². The third-order valence-electron chi connectivity index (χ3n) is 3.32. The molecule has 1 heterocycles. The molecule has 1 aromatic heterocycles. The summed E-state index contributed by atoms with van der Waals surface area (Å²) in [7, 11) is 1.61. The van der Waals surface area contributed by atoms with E-state index in [-0.39, 0.29) is 5.91 Å². The zero-order valence-corrected chi connectivity index (χ0v) is 14.6. The Kier molecular flexibility index (Phi) is 4.87. The third kappa shape index (κ3) is 3.77. The van der Waals surface area contributed by atoms with E-state index in [9.17, 15) is 4.79 Å². The van der Waals surface area contributed by atoms with Crippen molar-refractivity contribution in [3.63, 3.8) is 0 Å².